The topological polar surface area (TPSA) is 35.5 Å². The molecule has 0 amide bonds. The lowest BCUT2D eigenvalue weighted by Gasteiger charge is -2.06. The van der Waals surface area contributed by atoms with E-state index < -0.39 is 5.97 Å². The maximum Gasteiger partial charge on any atom is 0.330 e. The molecule has 18 heavy (non-hydrogen) atoms. The van der Waals surface area contributed by atoms with Crippen LogP contribution < -0.4 is 4.74 Å². The molecule has 0 radical (unpaired) electrons. The zero-order chi connectivity index (χ0) is 13.5. The molecular weight excluding hydrogens is 432 g/mol. The lowest BCUT2D eigenvalue weighted by Crippen LogP contribution is -1.99. The number of ether oxygens (including phenoxy) is 2. The first-order valence-corrected chi connectivity index (χ1v) is 7.18. The summed E-state index contributed by atoms with van der Waals surface area (Å²) in [6.07, 6.45) is 4.15. The summed E-state index contributed by atoms with van der Waals surface area (Å²) in [6, 6.07) is 3.73. The Hall–Kier alpha value is -0.590. The van der Waals surface area contributed by atoms with Crippen molar-refractivity contribution in [1.29, 1.82) is 0 Å². The molecule has 0 saturated carbocycles. The minimum atomic E-state index is -0.467. The fraction of sp³-hybridized carbons (Fsp3) is 0.0833. The van der Waals surface area contributed by atoms with Gasteiger partial charge in [0.2, 0.25) is 0 Å². The van der Waals surface area contributed by atoms with E-state index in [2.05, 4.69) is 54.4 Å². The molecule has 0 aliphatic carbocycles. The second kappa shape index (κ2) is 7.76. The molecule has 0 aliphatic heterocycles. The van der Waals surface area contributed by atoms with E-state index >= 15 is 0 Å². The highest BCUT2D eigenvalue weighted by atomic mass is 79.9. The van der Waals surface area contributed by atoms with Gasteiger partial charge in [-0.3, -0.25) is 0 Å². The first kappa shape index (κ1) is 15.5. The van der Waals surface area contributed by atoms with Crippen LogP contribution in [0.15, 0.2) is 50.5 Å². The van der Waals surface area contributed by atoms with Crippen molar-refractivity contribution in [3.63, 3.8) is 0 Å². The first-order valence-electron chi connectivity index (χ1n) is 4.80. The molecule has 0 N–H and O–H groups in total. The number of halogens is 3. The Balaban J connectivity index is 2.56. The van der Waals surface area contributed by atoms with Gasteiger partial charge in [-0.05, 0) is 50.1 Å². The number of rotatable bonds is 5. The van der Waals surface area contributed by atoms with Gasteiger partial charge in [0, 0.05) is 10.5 Å². The number of hydrogen-bond donors (Lipinski definition) is 0. The van der Waals surface area contributed by atoms with Crippen LogP contribution in [0, 0.1) is 0 Å². The SMILES string of the molecule is C=CC(=O)OCC=COc1c(Br)cc(Br)cc1Br. The van der Waals surface area contributed by atoms with E-state index in [9.17, 15) is 4.79 Å². The van der Waals surface area contributed by atoms with Crippen molar-refractivity contribution in [3.05, 3.63) is 50.5 Å². The van der Waals surface area contributed by atoms with Gasteiger partial charge in [0.05, 0.1) is 15.2 Å². The Bertz CT molecular complexity index is 460. The third-order valence-electron chi connectivity index (χ3n) is 1.73. The van der Waals surface area contributed by atoms with Gasteiger partial charge >= 0.3 is 5.97 Å². The average Bonchev–Trinajstić information content (AvgIpc) is 2.31. The monoisotopic (exact) mass is 438 g/mol. The summed E-state index contributed by atoms with van der Waals surface area (Å²) < 4.78 is 12.7. The molecule has 96 valence electrons. The molecule has 0 unspecified atom stereocenters. The molecule has 1 aromatic carbocycles. The minimum Gasteiger partial charge on any atom is -0.463 e. The molecule has 0 aromatic heterocycles. The molecule has 0 bridgehead atoms. The number of hydrogen-bond acceptors (Lipinski definition) is 3. The molecule has 3 nitrogen and oxygen atoms in total. The van der Waals surface area contributed by atoms with Gasteiger partial charge in [-0.25, -0.2) is 4.79 Å². The standard InChI is InChI=1S/C12H9Br3O3/c1-2-11(16)17-4-3-5-18-12-9(14)6-8(13)7-10(12)15/h2-3,5-7H,1,4H2. The number of esters is 1. The van der Waals surface area contributed by atoms with Crippen LogP contribution in [0.25, 0.3) is 0 Å². The number of carbonyl (C=O) groups excluding carboxylic acids is 1. The van der Waals surface area contributed by atoms with Crippen LogP contribution >= 0.6 is 47.8 Å². The van der Waals surface area contributed by atoms with Gasteiger partial charge in [0.1, 0.15) is 6.61 Å². The van der Waals surface area contributed by atoms with Crippen LogP contribution in [0.1, 0.15) is 0 Å². The molecule has 0 spiro atoms. The fourth-order valence-corrected chi connectivity index (χ4v) is 3.43. The zero-order valence-corrected chi connectivity index (χ0v) is 13.9. The number of carbonyl (C=O) groups is 1. The minimum absolute atomic E-state index is 0.136. The lowest BCUT2D eigenvalue weighted by molar-refractivity contribution is -0.136. The summed E-state index contributed by atoms with van der Waals surface area (Å²) in [6.45, 7) is 3.43. The normalized spacial score (nSPS) is 10.4. The smallest absolute Gasteiger partial charge is 0.330 e. The summed E-state index contributed by atoms with van der Waals surface area (Å²) >= 11 is 10.1. The van der Waals surface area contributed by atoms with Crippen LogP contribution in [0.3, 0.4) is 0 Å². The summed E-state index contributed by atoms with van der Waals surface area (Å²) in [7, 11) is 0. The second-order valence-electron chi connectivity index (χ2n) is 3.02. The predicted molar refractivity (Wildman–Crippen MR) is 80.5 cm³/mol. The van der Waals surface area contributed by atoms with Crippen LogP contribution in [-0.4, -0.2) is 12.6 Å². The molecule has 0 atom stereocenters. The van der Waals surface area contributed by atoms with E-state index in [1.165, 1.54) is 6.26 Å². The molecule has 0 saturated heterocycles. The third-order valence-corrected chi connectivity index (χ3v) is 3.37. The summed E-state index contributed by atoms with van der Waals surface area (Å²) in [5.41, 5.74) is 0. The van der Waals surface area contributed by atoms with Gasteiger partial charge in [0.15, 0.2) is 5.75 Å². The predicted octanol–water partition coefficient (Wildman–Crippen LogP) is 4.60. The van der Waals surface area contributed by atoms with Crippen molar-refractivity contribution in [1.82, 2.24) is 0 Å². The van der Waals surface area contributed by atoms with E-state index in [1.807, 2.05) is 12.1 Å². The Labute approximate surface area is 130 Å². The summed E-state index contributed by atoms with van der Waals surface area (Å²) in [5.74, 6) is 0.176. The van der Waals surface area contributed by atoms with Crippen LogP contribution in [-0.2, 0) is 9.53 Å². The Morgan fingerprint density at radius 3 is 2.44 bits per heavy atom. The van der Waals surface area contributed by atoms with Crippen LogP contribution in [0.5, 0.6) is 5.75 Å². The van der Waals surface area contributed by atoms with Crippen molar-refractivity contribution in [2.75, 3.05) is 6.61 Å². The molecule has 6 heteroatoms. The highest BCUT2D eigenvalue weighted by Crippen LogP contribution is 2.36. The van der Waals surface area contributed by atoms with Crippen LogP contribution in [0.4, 0.5) is 0 Å². The fourth-order valence-electron chi connectivity index (χ4n) is 0.986. The van der Waals surface area contributed by atoms with Crippen molar-refractivity contribution in [2.24, 2.45) is 0 Å². The Kier molecular flexibility index (Phi) is 6.67. The molecule has 0 heterocycles. The third kappa shape index (κ3) is 4.96. The van der Waals surface area contributed by atoms with Crippen molar-refractivity contribution in [2.45, 2.75) is 0 Å². The van der Waals surface area contributed by atoms with Crippen molar-refractivity contribution in [3.8, 4) is 5.75 Å². The maximum atomic E-state index is 10.8. The van der Waals surface area contributed by atoms with Gasteiger partial charge in [-0.2, -0.15) is 0 Å². The van der Waals surface area contributed by atoms with Gasteiger partial charge in [-0.1, -0.05) is 22.5 Å². The van der Waals surface area contributed by atoms with E-state index in [1.54, 1.807) is 6.08 Å². The van der Waals surface area contributed by atoms with Crippen molar-refractivity contribution < 1.29 is 14.3 Å². The maximum absolute atomic E-state index is 10.8. The van der Waals surface area contributed by atoms with Gasteiger partial charge < -0.3 is 9.47 Å². The highest BCUT2D eigenvalue weighted by Gasteiger charge is 2.06. The average molecular weight is 441 g/mol. The summed E-state index contributed by atoms with van der Waals surface area (Å²) in [4.78, 5) is 10.8. The first-order chi connectivity index (χ1) is 8.54. The summed E-state index contributed by atoms with van der Waals surface area (Å²) in [5, 5.41) is 0. The van der Waals surface area contributed by atoms with E-state index in [4.69, 9.17) is 9.47 Å². The van der Waals surface area contributed by atoms with Crippen molar-refractivity contribution >= 4 is 53.8 Å². The largest absolute Gasteiger partial charge is 0.463 e. The van der Waals surface area contributed by atoms with Gasteiger partial charge in [-0.15, -0.1) is 0 Å². The quantitative estimate of drug-likeness (QED) is 0.381. The van der Waals surface area contributed by atoms with E-state index in [0.29, 0.717) is 5.75 Å². The molecule has 0 aliphatic rings. The second-order valence-corrected chi connectivity index (χ2v) is 5.65. The van der Waals surface area contributed by atoms with Crippen LogP contribution in [0.2, 0.25) is 0 Å². The lowest BCUT2D eigenvalue weighted by atomic mass is 10.3. The molecule has 1 rings (SSSR count). The Morgan fingerprint density at radius 1 is 1.28 bits per heavy atom. The zero-order valence-electron chi connectivity index (χ0n) is 9.16. The van der Waals surface area contributed by atoms with E-state index in [0.717, 1.165) is 19.5 Å². The highest BCUT2D eigenvalue weighted by molar-refractivity contribution is 9.11. The molecular formula is C12H9Br3O3. The molecule has 1 aromatic rings. The Morgan fingerprint density at radius 2 is 1.89 bits per heavy atom. The number of benzene rings is 1. The van der Waals surface area contributed by atoms with E-state index in [-0.39, 0.29) is 6.61 Å². The molecule has 0 fully saturated rings. The van der Waals surface area contributed by atoms with Gasteiger partial charge in [0.25, 0.3) is 0 Å².